The van der Waals surface area contributed by atoms with Crippen LogP contribution < -0.4 is 0 Å². The Balaban J connectivity index is 1.78. The first-order chi connectivity index (χ1) is 7.66. The molecule has 2 amide bonds. The van der Waals surface area contributed by atoms with Crippen molar-refractivity contribution in [2.75, 3.05) is 26.2 Å². The van der Waals surface area contributed by atoms with Crippen LogP contribution in [0.3, 0.4) is 0 Å². The first kappa shape index (κ1) is 11.5. The average molecular weight is 226 g/mol. The van der Waals surface area contributed by atoms with Crippen molar-refractivity contribution in [3.63, 3.8) is 0 Å². The molecule has 0 spiro atoms. The van der Waals surface area contributed by atoms with Crippen molar-refractivity contribution in [3.05, 3.63) is 0 Å². The van der Waals surface area contributed by atoms with Gasteiger partial charge in [0.2, 0.25) is 11.8 Å². The molecule has 2 aliphatic rings. The largest absolute Gasteiger partial charge is 0.392 e. The van der Waals surface area contributed by atoms with Crippen LogP contribution in [0.1, 0.15) is 25.7 Å². The lowest BCUT2D eigenvalue weighted by atomic mass is 10.1. The van der Waals surface area contributed by atoms with Gasteiger partial charge in [0.05, 0.1) is 6.10 Å². The van der Waals surface area contributed by atoms with Gasteiger partial charge in [-0.15, -0.1) is 0 Å². The topological polar surface area (TPSA) is 60.9 Å². The highest BCUT2D eigenvalue weighted by Crippen LogP contribution is 2.13. The van der Waals surface area contributed by atoms with Gasteiger partial charge >= 0.3 is 0 Å². The molecule has 0 aromatic carbocycles. The quantitative estimate of drug-likeness (QED) is 0.665. The number of likely N-dealkylation sites (tertiary alicyclic amines) is 2. The monoisotopic (exact) mass is 226 g/mol. The molecule has 0 aromatic rings. The summed E-state index contributed by atoms with van der Waals surface area (Å²) in [6.07, 6.45) is 2.32. The maximum absolute atomic E-state index is 11.4. The Kier molecular flexibility index (Phi) is 3.56. The van der Waals surface area contributed by atoms with Crippen LogP contribution in [0.5, 0.6) is 0 Å². The summed E-state index contributed by atoms with van der Waals surface area (Å²) in [5.41, 5.74) is 0. The Morgan fingerprint density at radius 1 is 1.19 bits per heavy atom. The molecule has 1 N–H and O–H groups in total. The Bertz CT molecular complexity index is 277. The lowest BCUT2D eigenvalue weighted by molar-refractivity contribution is -0.138. The van der Waals surface area contributed by atoms with Gasteiger partial charge in [0, 0.05) is 32.5 Å². The maximum atomic E-state index is 11.4. The molecule has 2 aliphatic heterocycles. The third-order valence-electron chi connectivity index (χ3n) is 3.28. The Hall–Kier alpha value is -0.940. The van der Waals surface area contributed by atoms with E-state index in [0.29, 0.717) is 32.5 Å². The average Bonchev–Trinajstić information content (AvgIpc) is 2.56. The number of nitrogens with zero attached hydrogens (tertiary/aromatic N) is 2. The van der Waals surface area contributed by atoms with E-state index in [1.165, 1.54) is 4.90 Å². The third kappa shape index (κ3) is 2.59. The number of aliphatic hydroxyl groups excluding tert-OH is 1. The summed E-state index contributed by atoms with van der Waals surface area (Å²) in [7, 11) is 0. The predicted octanol–water partition coefficient (Wildman–Crippen LogP) is -0.408. The van der Waals surface area contributed by atoms with Gasteiger partial charge in [-0.1, -0.05) is 0 Å². The number of amides is 2. The van der Waals surface area contributed by atoms with E-state index in [1.807, 2.05) is 0 Å². The number of hydrogen-bond donors (Lipinski definition) is 1. The van der Waals surface area contributed by atoms with Crippen molar-refractivity contribution in [1.29, 1.82) is 0 Å². The molecule has 0 saturated carbocycles. The summed E-state index contributed by atoms with van der Waals surface area (Å²) in [4.78, 5) is 26.2. The second-order valence-corrected chi connectivity index (χ2v) is 4.54. The second kappa shape index (κ2) is 4.93. The summed E-state index contributed by atoms with van der Waals surface area (Å²) in [5, 5.41) is 9.49. The summed E-state index contributed by atoms with van der Waals surface area (Å²) in [6, 6.07) is 0. The van der Waals surface area contributed by atoms with E-state index in [-0.39, 0.29) is 17.9 Å². The van der Waals surface area contributed by atoms with E-state index in [4.69, 9.17) is 0 Å². The fourth-order valence-electron chi connectivity index (χ4n) is 2.35. The van der Waals surface area contributed by atoms with Gasteiger partial charge in [-0.3, -0.25) is 19.4 Å². The lowest BCUT2D eigenvalue weighted by Gasteiger charge is -2.30. The van der Waals surface area contributed by atoms with Crippen molar-refractivity contribution in [2.24, 2.45) is 0 Å². The number of hydrogen-bond acceptors (Lipinski definition) is 4. The van der Waals surface area contributed by atoms with Crippen molar-refractivity contribution < 1.29 is 14.7 Å². The molecule has 5 nitrogen and oxygen atoms in total. The first-order valence-corrected chi connectivity index (χ1v) is 5.90. The second-order valence-electron chi connectivity index (χ2n) is 4.54. The molecule has 2 rings (SSSR count). The Morgan fingerprint density at radius 2 is 1.88 bits per heavy atom. The van der Waals surface area contributed by atoms with Crippen molar-refractivity contribution >= 4 is 11.8 Å². The summed E-state index contributed by atoms with van der Waals surface area (Å²) < 4.78 is 0. The zero-order valence-corrected chi connectivity index (χ0v) is 9.39. The lowest BCUT2D eigenvalue weighted by Crippen LogP contribution is -2.43. The molecule has 90 valence electrons. The van der Waals surface area contributed by atoms with Crippen LogP contribution in [0.15, 0.2) is 0 Å². The molecule has 2 fully saturated rings. The number of rotatable bonds is 3. The van der Waals surface area contributed by atoms with Crippen molar-refractivity contribution in [1.82, 2.24) is 9.80 Å². The molecule has 1 unspecified atom stereocenters. The van der Waals surface area contributed by atoms with E-state index in [1.54, 1.807) is 0 Å². The maximum Gasteiger partial charge on any atom is 0.229 e. The smallest absolute Gasteiger partial charge is 0.229 e. The third-order valence-corrected chi connectivity index (χ3v) is 3.28. The van der Waals surface area contributed by atoms with Crippen molar-refractivity contribution in [3.8, 4) is 0 Å². The van der Waals surface area contributed by atoms with Crippen LogP contribution in [0.2, 0.25) is 0 Å². The minimum atomic E-state index is -0.251. The molecule has 0 radical (unpaired) electrons. The van der Waals surface area contributed by atoms with Gasteiger partial charge in [0.15, 0.2) is 0 Å². The summed E-state index contributed by atoms with van der Waals surface area (Å²) >= 11 is 0. The van der Waals surface area contributed by atoms with Gasteiger partial charge in [-0.05, 0) is 19.4 Å². The van der Waals surface area contributed by atoms with Gasteiger partial charge in [0.25, 0.3) is 0 Å². The van der Waals surface area contributed by atoms with Crippen molar-refractivity contribution in [2.45, 2.75) is 31.8 Å². The number of carbonyl (C=O) groups excluding carboxylic acids is 2. The normalized spacial score (nSPS) is 27.8. The molecule has 5 heteroatoms. The van der Waals surface area contributed by atoms with Crippen LogP contribution in [0.4, 0.5) is 0 Å². The fraction of sp³-hybridized carbons (Fsp3) is 0.818. The van der Waals surface area contributed by atoms with Gasteiger partial charge < -0.3 is 5.11 Å². The van der Waals surface area contributed by atoms with Crippen LogP contribution in [0, 0.1) is 0 Å². The highest BCUT2D eigenvalue weighted by atomic mass is 16.3. The van der Waals surface area contributed by atoms with E-state index < -0.39 is 0 Å². The first-order valence-electron chi connectivity index (χ1n) is 5.90. The fourth-order valence-corrected chi connectivity index (χ4v) is 2.35. The molecule has 0 aromatic heterocycles. The minimum Gasteiger partial charge on any atom is -0.392 e. The number of β-amino-alcohol motifs (C(OH)–C–C–N with tert-alkyl or cyclic N) is 1. The zero-order valence-electron chi connectivity index (χ0n) is 9.39. The van der Waals surface area contributed by atoms with Crippen LogP contribution >= 0.6 is 0 Å². The van der Waals surface area contributed by atoms with E-state index in [2.05, 4.69) is 4.90 Å². The standard InChI is InChI=1S/C11H18N2O3/c14-9-2-1-5-12(8-9)6-7-13-10(15)3-4-11(13)16/h9,14H,1-8H2. The SMILES string of the molecule is O=C1CCC(=O)N1CCN1CCCC(O)C1. The molecule has 0 bridgehead atoms. The number of imide groups is 1. The molecule has 1 atom stereocenters. The van der Waals surface area contributed by atoms with Gasteiger partial charge in [-0.25, -0.2) is 0 Å². The van der Waals surface area contributed by atoms with Crippen LogP contribution in [0.25, 0.3) is 0 Å². The van der Waals surface area contributed by atoms with Gasteiger partial charge in [-0.2, -0.15) is 0 Å². The number of aliphatic hydroxyl groups is 1. The van der Waals surface area contributed by atoms with E-state index in [9.17, 15) is 14.7 Å². The van der Waals surface area contributed by atoms with Gasteiger partial charge in [0.1, 0.15) is 0 Å². The van der Waals surface area contributed by atoms with Crippen LogP contribution in [-0.4, -0.2) is 59.0 Å². The molecule has 2 saturated heterocycles. The minimum absolute atomic E-state index is 0.0532. The molecule has 0 aliphatic carbocycles. The molecule has 16 heavy (non-hydrogen) atoms. The molecular weight excluding hydrogens is 208 g/mol. The Morgan fingerprint density at radius 3 is 2.50 bits per heavy atom. The summed E-state index contributed by atoms with van der Waals surface area (Å²) in [5.74, 6) is -0.106. The Labute approximate surface area is 95.0 Å². The molecular formula is C11H18N2O3. The zero-order chi connectivity index (χ0) is 11.5. The summed E-state index contributed by atoms with van der Waals surface area (Å²) in [6.45, 7) is 2.78. The van der Waals surface area contributed by atoms with Crippen LogP contribution in [-0.2, 0) is 9.59 Å². The predicted molar refractivity (Wildman–Crippen MR) is 57.6 cm³/mol. The highest BCUT2D eigenvalue weighted by molar-refractivity contribution is 6.01. The molecule has 2 heterocycles. The number of piperidine rings is 1. The van der Waals surface area contributed by atoms with E-state index >= 15 is 0 Å². The number of carbonyl (C=O) groups is 2. The highest BCUT2D eigenvalue weighted by Gasteiger charge is 2.29. The van der Waals surface area contributed by atoms with E-state index in [0.717, 1.165) is 19.4 Å².